The average molecular weight is 2080 g/mol. The van der Waals surface area contributed by atoms with Crippen molar-refractivity contribution in [2.24, 2.45) is 28.2 Å². The van der Waals surface area contributed by atoms with E-state index in [1.165, 1.54) is 114 Å². The summed E-state index contributed by atoms with van der Waals surface area (Å²) in [6.07, 6.45) is 23.1. The molecule has 2 N–H and O–H groups in total. The Kier molecular flexibility index (Phi) is 33.3. The first-order valence-corrected chi connectivity index (χ1v) is 57.3. The number of nitrogens with zero attached hydrogens (tertiary/aromatic N) is 16. The van der Waals surface area contributed by atoms with Gasteiger partial charge in [-0.15, -0.1) is 0 Å². The highest BCUT2D eigenvalue weighted by Crippen LogP contribution is 2.49. The first-order chi connectivity index (χ1) is 71.0. The van der Waals surface area contributed by atoms with Crippen LogP contribution in [0.2, 0.25) is 0 Å². The lowest BCUT2D eigenvalue weighted by Crippen LogP contribution is -2.67. The highest BCUT2D eigenvalue weighted by atomic mass is 32.2. The number of aliphatic hydroxyl groups excluding tert-OH is 2. The van der Waals surface area contributed by atoms with Crippen LogP contribution in [-0.2, 0) is 90.6 Å². The highest BCUT2D eigenvalue weighted by molar-refractivity contribution is 7.90. The maximum atomic E-state index is 13.8. The van der Waals surface area contributed by atoms with Gasteiger partial charge in [-0.2, -0.15) is 17.2 Å². The van der Waals surface area contributed by atoms with Crippen LogP contribution in [0.1, 0.15) is 128 Å². The lowest BCUT2D eigenvalue weighted by Gasteiger charge is -2.56. The van der Waals surface area contributed by atoms with Crippen molar-refractivity contribution in [3.05, 3.63) is 333 Å². The molecule has 0 amide bonds. The van der Waals surface area contributed by atoms with Crippen LogP contribution < -0.4 is 0 Å². The fourth-order valence-electron chi connectivity index (χ4n) is 23.4. The van der Waals surface area contributed by atoms with Crippen molar-refractivity contribution < 1.29 is 53.4 Å². The van der Waals surface area contributed by atoms with Crippen molar-refractivity contribution in [2.75, 3.05) is 119 Å². The number of imidazole rings is 4. The molecule has 148 heavy (non-hydrogen) atoms. The first kappa shape index (κ1) is 108. The molecule has 32 heteroatoms. The Hall–Kier alpha value is -11.1. The molecule has 784 valence electrons. The number of benzene rings is 8. The van der Waals surface area contributed by atoms with E-state index in [1.807, 2.05) is 57.2 Å². The molecule has 8 aliphatic rings. The third-order valence-electron chi connectivity index (χ3n) is 32.8. The van der Waals surface area contributed by atoms with E-state index in [-0.39, 0.29) is 105 Å². The minimum absolute atomic E-state index is 0.0252. The van der Waals surface area contributed by atoms with Crippen molar-refractivity contribution in [3.8, 4) is 44.5 Å². The van der Waals surface area contributed by atoms with E-state index in [9.17, 15) is 43.9 Å². The largest absolute Gasteiger partial charge is 0.395 e. The lowest BCUT2D eigenvalue weighted by molar-refractivity contribution is -0.0508. The predicted octanol–water partition coefficient (Wildman–Crippen LogP) is 15.4. The molecule has 0 spiro atoms. The summed E-state index contributed by atoms with van der Waals surface area (Å²) in [4.78, 5) is 26.3. The first-order valence-electron chi connectivity index (χ1n) is 51.5. The van der Waals surface area contributed by atoms with Crippen molar-refractivity contribution in [1.29, 1.82) is 0 Å². The minimum atomic E-state index is -3.73. The summed E-state index contributed by atoms with van der Waals surface area (Å²) in [7, 11) is -4.37. The monoisotopic (exact) mass is 2080 g/mol. The van der Waals surface area contributed by atoms with Crippen LogP contribution in [0.15, 0.2) is 263 Å². The summed E-state index contributed by atoms with van der Waals surface area (Å²) >= 11 is 0. The van der Waals surface area contributed by atoms with Gasteiger partial charge in [-0.3, -0.25) is 19.6 Å². The zero-order chi connectivity index (χ0) is 105. The van der Waals surface area contributed by atoms with Gasteiger partial charge in [0.2, 0.25) is 0 Å². The Morgan fingerprint density at radius 3 is 0.736 bits per heavy atom. The van der Waals surface area contributed by atoms with E-state index in [0.717, 1.165) is 47.0 Å². The normalized spacial score (nSPS) is 23.6. The molecule has 0 radical (unpaired) electrons. The van der Waals surface area contributed by atoms with Gasteiger partial charge in [0.25, 0.3) is 40.1 Å². The second-order valence-corrected chi connectivity index (χ2v) is 48.2. The van der Waals surface area contributed by atoms with Crippen LogP contribution in [0.5, 0.6) is 0 Å². The van der Waals surface area contributed by atoms with Gasteiger partial charge < -0.3 is 38.0 Å². The molecule has 20 rings (SSSR count). The molecule has 0 saturated carbocycles. The van der Waals surface area contributed by atoms with Crippen LogP contribution in [0, 0.1) is 69.2 Å². The SMILES string of the molecule is CCc1ncc(S(=O)(=O)N2C/C=C\CN3C(C2)[C@H](c2ccc(-c4cccc(C)c4C)cc2)[C@H]3CO)n1C.CCc1ncc(S(=O)(=O)N2C/C=C\CN3C(C2)[C@H](c2ccc(-c4cccc(C)c4C)cc2)[C@H]3COC)n1C.COC[C@@H]1[C@@H](c2ccc(-c3cccc(C)c3C)cc2)C2CN(S(=O)(=O)c3cnc(C)n3C)C/C=C\CN21.Cc1cccc(-c2ccc([C@H]3C4CN(S(=O)(=O)c5cnc(C)n5C)C/C=C\CN4[C@@H]3CO)cc2)c1C. The van der Waals surface area contributed by atoms with Gasteiger partial charge in [-0.05, 0) is 181 Å². The van der Waals surface area contributed by atoms with Gasteiger partial charge in [0, 0.05) is 206 Å². The van der Waals surface area contributed by atoms with Gasteiger partial charge >= 0.3 is 0 Å². The Balaban J connectivity index is 0.000000135. The maximum absolute atomic E-state index is 13.8. The van der Waals surface area contributed by atoms with Crippen LogP contribution in [0.3, 0.4) is 0 Å². The topological polar surface area (TPSA) is 293 Å². The van der Waals surface area contributed by atoms with E-state index in [2.05, 4.69) is 277 Å². The van der Waals surface area contributed by atoms with E-state index in [1.54, 1.807) is 84.8 Å². The van der Waals surface area contributed by atoms with Crippen LogP contribution in [-0.4, -0.2) is 286 Å². The molecular formula is C116H144N16O12S4. The van der Waals surface area contributed by atoms with E-state index in [0.29, 0.717) is 103 Å². The second kappa shape index (κ2) is 45.6. The molecule has 0 bridgehead atoms. The molecule has 0 aliphatic carbocycles. The fraction of sp³-hybridized carbons (Fsp3) is 0.414. The number of fused-ring (bicyclic) bond motifs is 4. The number of aryl methyl sites for hydroxylation is 8. The number of aliphatic hydroxyl groups is 2. The van der Waals surface area contributed by atoms with Crippen molar-refractivity contribution in [1.82, 2.24) is 75.0 Å². The smallest absolute Gasteiger partial charge is 0.260 e. The molecule has 12 heterocycles. The Bertz CT molecular complexity index is 7380. The van der Waals surface area contributed by atoms with Crippen molar-refractivity contribution in [2.45, 2.75) is 188 Å². The molecule has 4 aromatic heterocycles. The molecule has 4 fully saturated rings. The molecule has 28 nitrogen and oxygen atoms in total. The average Bonchev–Trinajstić information content (AvgIpc) is 1.02. The summed E-state index contributed by atoms with van der Waals surface area (Å²) in [5.74, 6) is 3.26. The molecule has 8 aliphatic heterocycles. The van der Waals surface area contributed by atoms with E-state index in [4.69, 9.17) is 9.47 Å². The van der Waals surface area contributed by atoms with Crippen LogP contribution >= 0.6 is 0 Å². The van der Waals surface area contributed by atoms with Crippen molar-refractivity contribution >= 4 is 40.1 Å². The number of hydrogen-bond donors (Lipinski definition) is 2. The van der Waals surface area contributed by atoms with E-state index < -0.39 is 40.1 Å². The zero-order valence-corrected chi connectivity index (χ0v) is 91.8. The standard InChI is InChI=1S/C30H38N4O3S.2C29H36N4O3S.C28H34N4O3S/c1-6-28-31-18-29(32(28)4)38(35,36)33-16-7-8-17-34-26(19-33)30(27(34)20-37-5)24-14-12-23(13-15-24)25-11-9-10-21(2)22(25)3;1-20-9-8-10-25(21(20)2)23-11-13-24(14-12-23)29-26-18-32(15-6-7-16-33(26)27(29)19-36-5)37(34,35)28-17-30-22(3)31(28)4;1-5-27-30-17-28(31(27)4)37(35,36)32-15-6-7-16-33-25(18-32)29(26(33)19-34)23-13-11-22(12-14-23)24-10-8-9-20(2)21(24)3;1-19-8-7-9-24(20(19)2)22-10-12-23(13-11-22)28-25-17-31(14-5-6-15-32(25)26(28)18-33)36(34,35)27-16-29-21(3)30(27)4/h7-15,18,26-27,30H,6,16-17,19-20H2,1-5H3;6-14,17,26-27,29H,15-16,18-19H2,1-5H3;6-14,17,25-26,29,34H,5,15-16,18-19H2,1-4H3;5-13,16,25-26,28,33H,14-15,17-18H2,1-4H3/b8-7-;2*7-6-;6-5-/t26?,27-,30+;26?,27-,29+;25?,26-,29+;25?,26-,28+/m1111/s1. The van der Waals surface area contributed by atoms with Gasteiger partial charge in [0.05, 0.1) is 51.2 Å². The third kappa shape index (κ3) is 21.1. The summed E-state index contributed by atoms with van der Waals surface area (Å²) in [5.41, 5.74) is 24.6. The Labute approximate surface area is 875 Å². The number of methoxy groups -OCH3 is 2. The molecule has 12 atom stereocenters. The minimum Gasteiger partial charge on any atom is -0.395 e. The molecule has 8 aromatic carbocycles. The number of ether oxygens (including phenoxy) is 2. The van der Waals surface area contributed by atoms with Crippen LogP contribution in [0.4, 0.5) is 0 Å². The number of rotatable bonds is 24. The van der Waals surface area contributed by atoms with Crippen LogP contribution in [0.25, 0.3) is 44.5 Å². The molecule has 4 saturated heterocycles. The molecular weight excluding hydrogens is 1940 g/mol. The van der Waals surface area contributed by atoms with Gasteiger partial charge in [-0.25, -0.2) is 53.6 Å². The Morgan fingerprint density at radius 2 is 0.520 bits per heavy atom. The number of hydrogen-bond acceptors (Lipinski definition) is 20. The fourth-order valence-corrected chi connectivity index (χ4v) is 29.6. The quantitative estimate of drug-likeness (QED) is 0.0531. The zero-order valence-electron chi connectivity index (χ0n) is 88.5. The Morgan fingerprint density at radius 1 is 0.297 bits per heavy atom. The van der Waals surface area contributed by atoms with Gasteiger partial charge in [-0.1, -0.05) is 232 Å². The summed E-state index contributed by atoms with van der Waals surface area (Å²) in [6.45, 7) is 31.8. The highest BCUT2D eigenvalue weighted by Gasteiger charge is 2.55. The second-order valence-electron chi connectivity index (χ2n) is 40.6. The summed E-state index contributed by atoms with van der Waals surface area (Å²) in [6, 6.07) is 60.6. The summed E-state index contributed by atoms with van der Waals surface area (Å²) < 4.78 is 134. The molecule has 12 aromatic rings. The summed E-state index contributed by atoms with van der Waals surface area (Å²) in [5, 5.41) is 21.4. The maximum Gasteiger partial charge on any atom is 0.260 e. The molecule has 4 unspecified atom stereocenters. The lowest BCUT2D eigenvalue weighted by atomic mass is 9.74. The van der Waals surface area contributed by atoms with Gasteiger partial charge in [0.15, 0.2) is 20.1 Å². The predicted molar refractivity (Wildman–Crippen MR) is 584 cm³/mol. The third-order valence-corrected chi connectivity index (χ3v) is 40.4. The number of sulfonamides is 4. The number of aromatic nitrogens is 8. The van der Waals surface area contributed by atoms with E-state index >= 15 is 0 Å². The van der Waals surface area contributed by atoms with Gasteiger partial charge in [0.1, 0.15) is 23.3 Å². The van der Waals surface area contributed by atoms with Crippen molar-refractivity contribution in [3.63, 3.8) is 0 Å².